The highest BCUT2D eigenvalue weighted by Gasteiger charge is 2.31. The van der Waals surface area contributed by atoms with E-state index in [0.29, 0.717) is 23.3 Å². The van der Waals surface area contributed by atoms with Gasteiger partial charge in [0.15, 0.2) is 0 Å². The molecule has 3 aromatic rings. The molecule has 4 heteroatoms. The van der Waals surface area contributed by atoms with E-state index in [2.05, 4.69) is 47.3 Å². The fraction of sp³-hybridized carbons (Fsp3) is 0.261. The van der Waals surface area contributed by atoms with Crippen molar-refractivity contribution in [3.8, 4) is 17.2 Å². The van der Waals surface area contributed by atoms with E-state index < -0.39 is 0 Å². The Kier molecular flexibility index (Phi) is 4.60. The molecule has 0 amide bonds. The van der Waals surface area contributed by atoms with Gasteiger partial charge in [-0.25, -0.2) is 0 Å². The van der Waals surface area contributed by atoms with Crippen LogP contribution in [-0.4, -0.2) is 15.2 Å². The first-order chi connectivity index (χ1) is 13.2. The molecule has 1 aliphatic rings. The van der Waals surface area contributed by atoms with Crippen LogP contribution < -0.4 is 0 Å². The summed E-state index contributed by atoms with van der Waals surface area (Å²) in [5.41, 5.74) is 6.02. The number of benzene rings is 1. The summed E-state index contributed by atoms with van der Waals surface area (Å²) in [4.78, 5) is 4.58. The Morgan fingerprint density at radius 2 is 2.00 bits per heavy atom. The Bertz CT molecular complexity index is 1010. The molecule has 134 valence electrons. The minimum Gasteiger partial charge on any atom is -0.282 e. The van der Waals surface area contributed by atoms with Gasteiger partial charge in [-0.3, -0.25) is 10.1 Å². The van der Waals surface area contributed by atoms with Crippen molar-refractivity contribution < 1.29 is 0 Å². The van der Waals surface area contributed by atoms with Crippen molar-refractivity contribution in [3.63, 3.8) is 0 Å². The average molecular weight is 354 g/mol. The fourth-order valence-electron chi connectivity index (χ4n) is 3.89. The largest absolute Gasteiger partial charge is 0.282 e. The van der Waals surface area contributed by atoms with Gasteiger partial charge in [-0.1, -0.05) is 44.2 Å². The second kappa shape index (κ2) is 7.20. The highest BCUT2D eigenvalue weighted by Crippen LogP contribution is 2.39. The molecule has 3 atom stereocenters. The van der Waals surface area contributed by atoms with Crippen LogP contribution in [0.3, 0.4) is 0 Å². The number of nitriles is 1. The second-order valence-corrected chi connectivity index (χ2v) is 7.36. The molecule has 0 aliphatic heterocycles. The van der Waals surface area contributed by atoms with Crippen molar-refractivity contribution in [2.24, 2.45) is 11.8 Å². The smallest absolute Gasteiger partial charge is 0.0998 e. The van der Waals surface area contributed by atoms with Crippen molar-refractivity contribution in [3.05, 3.63) is 77.4 Å². The number of fused-ring (bicyclic) bond motifs is 1. The molecule has 0 fully saturated rings. The molecule has 1 aromatic carbocycles. The highest BCUT2D eigenvalue weighted by atomic mass is 15.1. The van der Waals surface area contributed by atoms with Gasteiger partial charge in [0, 0.05) is 34.5 Å². The van der Waals surface area contributed by atoms with Crippen molar-refractivity contribution in [1.82, 2.24) is 15.2 Å². The standard InChI is InChI=1S/C23H22N4/c1-15-11-23-22(14-26-27-23)20(16(15)2)10-9-19-8-7-18(13-25-19)21-6-4-3-5-17(21)12-24/h3-10,13-16,20H,11H2,1-2H3,(H,26,27)/b10-9+/t15-,16+,20-/m0/s1. The SMILES string of the molecule is C[C@H]1[C@H](/C=C/c2ccc(-c3ccccc3C#N)cn2)c2cn[nH]c2C[C@@H]1C. The normalized spacial score (nSPS) is 21.7. The van der Waals surface area contributed by atoms with E-state index in [9.17, 15) is 5.26 Å². The molecule has 0 spiro atoms. The Morgan fingerprint density at radius 1 is 1.15 bits per heavy atom. The molecule has 4 nitrogen and oxygen atoms in total. The van der Waals surface area contributed by atoms with E-state index in [1.54, 1.807) is 0 Å². The lowest BCUT2D eigenvalue weighted by Crippen LogP contribution is -2.24. The number of aromatic nitrogens is 3. The third-order valence-corrected chi connectivity index (χ3v) is 5.72. The van der Waals surface area contributed by atoms with Crippen LogP contribution in [0.4, 0.5) is 0 Å². The fourth-order valence-corrected chi connectivity index (χ4v) is 3.89. The van der Waals surface area contributed by atoms with E-state index in [1.807, 2.05) is 48.8 Å². The summed E-state index contributed by atoms with van der Waals surface area (Å²) in [6.07, 6.45) is 9.20. The van der Waals surface area contributed by atoms with Crippen LogP contribution in [0, 0.1) is 23.2 Å². The molecule has 4 rings (SSSR count). The molecule has 0 bridgehead atoms. The zero-order chi connectivity index (χ0) is 18.8. The maximum atomic E-state index is 9.28. The van der Waals surface area contributed by atoms with Gasteiger partial charge in [0.2, 0.25) is 0 Å². The number of pyridine rings is 1. The summed E-state index contributed by atoms with van der Waals surface area (Å²) in [6, 6.07) is 13.9. The summed E-state index contributed by atoms with van der Waals surface area (Å²) < 4.78 is 0. The van der Waals surface area contributed by atoms with Crippen molar-refractivity contribution >= 4 is 6.08 Å². The number of rotatable bonds is 3. The van der Waals surface area contributed by atoms with E-state index in [1.165, 1.54) is 11.3 Å². The van der Waals surface area contributed by atoms with Gasteiger partial charge in [0.05, 0.1) is 23.5 Å². The third kappa shape index (κ3) is 3.29. The van der Waals surface area contributed by atoms with Crippen LogP contribution in [-0.2, 0) is 6.42 Å². The summed E-state index contributed by atoms with van der Waals surface area (Å²) in [7, 11) is 0. The van der Waals surface area contributed by atoms with Gasteiger partial charge in [0.25, 0.3) is 0 Å². The topological polar surface area (TPSA) is 65.4 Å². The Morgan fingerprint density at radius 3 is 2.78 bits per heavy atom. The number of hydrogen-bond acceptors (Lipinski definition) is 3. The molecular weight excluding hydrogens is 332 g/mol. The molecule has 27 heavy (non-hydrogen) atoms. The first kappa shape index (κ1) is 17.2. The maximum absolute atomic E-state index is 9.28. The summed E-state index contributed by atoms with van der Waals surface area (Å²) in [5, 5.41) is 16.7. The zero-order valence-corrected chi connectivity index (χ0v) is 15.6. The molecule has 2 heterocycles. The van der Waals surface area contributed by atoms with Gasteiger partial charge in [-0.05, 0) is 36.5 Å². The van der Waals surface area contributed by atoms with Gasteiger partial charge in [-0.2, -0.15) is 10.4 Å². The number of allylic oxidation sites excluding steroid dienone is 1. The lowest BCUT2D eigenvalue weighted by Gasteiger charge is -2.32. The van der Waals surface area contributed by atoms with Crippen LogP contribution >= 0.6 is 0 Å². The predicted molar refractivity (Wildman–Crippen MR) is 107 cm³/mol. The first-order valence-electron chi connectivity index (χ1n) is 9.33. The molecule has 0 saturated carbocycles. The number of nitrogens with zero attached hydrogens (tertiary/aromatic N) is 3. The van der Waals surface area contributed by atoms with Crippen molar-refractivity contribution in [2.45, 2.75) is 26.2 Å². The van der Waals surface area contributed by atoms with E-state index in [4.69, 9.17) is 0 Å². The van der Waals surface area contributed by atoms with Crippen molar-refractivity contribution in [1.29, 1.82) is 5.26 Å². The second-order valence-electron chi connectivity index (χ2n) is 7.36. The summed E-state index contributed by atoms with van der Waals surface area (Å²) >= 11 is 0. The van der Waals surface area contributed by atoms with E-state index >= 15 is 0 Å². The van der Waals surface area contributed by atoms with Gasteiger partial charge >= 0.3 is 0 Å². The van der Waals surface area contributed by atoms with Crippen molar-refractivity contribution in [2.75, 3.05) is 0 Å². The molecule has 0 saturated heterocycles. The van der Waals surface area contributed by atoms with Crippen LogP contribution in [0.1, 0.15) is 42.3 Å². The number of nitrogens with one attached hydrogen (secondary N) is 1. The van der Waals surface area contributed by atoms with E-state index in [-0.39, 0.29) is 0 Å². The maximum Gasteiger partial charge on any atom is 0.0998 e. The third-order valence-electron chi connectivity index (χ3n) is 5.72. The Labute approximate surface area is 159 Å². The van der Waals surface area contributed by atoms with Crippen LogP contribution in [0.15, 0.2) is 54.9 Å². The van der Waals surface area contributed by atoms with Gasteiger partial charge in [0.1, 0.15) is 0 Å². The average Bonchev–Trinajstić information content (AvgIpc) is 3.16. The quantitative estimate of drug-likeness (QED) is 0.722. The first-order valence-corrected chi connectivity index (χ1v) is 9.33. The lowest BCUT2D eigenvalue weighted by molar-refractivity contribution is 0.330. The highest BCUT2D eigenvalue weighted by molar-refractivity contribution is 5.70. The molecule has 0 radical (unpaired) electrons. The number of aromatic amines is 1. The van der Waals surface area contributed by atoms with Crippen LogP contribution in [0.5, 0.6) is 0 Å². The van der Waals surface area contributed by atoms with Crippen LogP contribution in [0.25, 0.3) is 17.2 Å². The Hall–Kier alpha value is -3.19. The molecule has 2 aromatic heterocycles. The van der Waals surface area contributed by atoms with Gasteiger partial charge < -0.3 is 0 Å². The van der Waals surface area contributed by atoms with E-state index in [0.717, 1.165) is 23.2 Å². The number of hydrogen-bond donors (Lipinski definition) is 1. The van der Waals surface area contributed by atoms with Gasteiger partial charge in [-0.15, -0.1) is 0 Å². The summed E-state index contributed by atoms with van der Waals surface area (Å²) in [5.74, 6) is 1.53. The molecule has 1 N–H and O–H groups in total. The number of H-pyrrole nitrogens is 1. The Balaban J connectivity index is 1.58. The lowest BCUT2D eigenvalue weighted by atomic mass is 9.73. The zero-order valence-electron chi connectivity index (χ0n) is 15.6. The predicted octanol–water partition coefficient (Wildman–Crippen LogP) is 4.97. The monoisotopic (exact) mass is 354 g/mol. The molecular formula is C23H22N4. The minimum atomic E-state index is 0.350. The molecule has 1 aliphatic carbocycles. The van der Waals surface area contributed by atoms with Crippen LogP contribution in [0.2, 0.25) is 0 Å². The summed E-state index contributed by atoms with van der Waals surface area (Å²) in [6.45, 7) is 4.61. The minimum absolute atomic E-state index is 0.350. The molecule has 0 unspecified atom stereocenters.